The fraction of sp³-hybridized carbons (Fsp3) is 0.214. The minimum absolute atomic E-state index is 0.0417. The fourth-order valence-electron chi connectivity index (χ4n) is 1.69. The van der Waals surface area contributed by atoms with E-state index < -0.39 is 6.10 Å². The van der Waals surface area contributed by atoms with Crippen LogP contribution in [0.15, 0.2) is 42.5 Å². The summed E-state index contributed by atoms with van der Waals surface area (Å²) in [6.07, 6.45) is -0.550. The summed E-state index contributed by atoms with van der Waals surface area (Å²) in [5, 5.41) is 0. The van der Waals surface area contributed by atoms with E-state index in [-0.39, 0.29) is 5.78 Å². The molecule has 0 spiro atoms. The Morgan fingerprint density at radius 2 is 2.00 bits per heavy atom. The van der Waals surface area contributed by atoms with Crippen molar-refractivity contribution in [2.45, 2.75) is 13.0 Å². The molecule has 0 aliphatic heterocycles. The minimum atomic E-state index is -0.550. The van der Waals surface area contributed by atoms with E-state index in [0.29, 0.717) is 15.8 Å². The molecule has 0 saturated heterocycles. The quantitative estimate of drug-likeness (QED) is 0.761. The minimum Gasteiger partial charge on any atom is -0.366 e. The molecule has 1 aromatic heterocycles. The van der Waals surface area contributed by atoms with Crippen molar-refractivity contribution >= 4 is 28.7 Å². The summed E-state index contributed by atoms with van der Waals surface area (Å²) in [7, 11) is 0. The first kappa shape index (κ1) is 13.3. The molecular formula is C14H13ClO2S. The highest BCUT2D eigenvalue weighted by atomic mass is 35.5. The maximum Gasteiger partial charge on any atom is 0.206 e. The van der Waals surface area contributed by atoms with E-state index in [4.69, 9.17) is 16.3 Å². The Bertz CT molecular complexity index is 522. The van der Waals surface area contributed by atoms with E-state index in [2.05, 4.69) is 0 Å². The van der Waals surface area contributed by atoms with E-state index in [1.54, 1.807) is 12.1 Å². The van der Waals surface area contributed by atoms with Gasteiger partial charge in [0.15, 0.2) is 0 Å². The number of thiophene rings is 1. The van der Waals surface area contributed by atoms with Gasteiger partial charge in [0.2, 0.25) is 5.78 Å². The second-order valence-electron chi connectivity index (χ2n) is 3.71. The second-order valence-corrected chi connectivity index (χ2v) is 5.43. The molecule has 0 aliphatic rings. The first-order valence-corrected chi connectivity index (χ1v) is 6.88. The van der Waals surface area contributed by atoms with Gasteiger partial charge in [-0.25, -0.2) is 0 Å². The van der Waals surface area contributed by atoms with Crippen molar-refractivity contribution in [3.8, 4) is 0 Å². The zero-order valence-corrected chi connectivity index (χ0v) is 11.5. The van der Waals surface area contributed by atoms with Gasteiger partial charge in [-0.1, -0.05) is 41.9 Å². The number of hydrogen-bond donors (Lipinski definition) is 0. The molecule has 0 aliphatic carbocycles. The summed E-state index contributed by atoms with van der Waals surface area (Å²) in [6, 6.07) is 13.0. The van der Waals surface area contributed by atoms with Crippen LogP contribution in [0.25, 0.3) is 0 Å². The third-order valence-corrected chi connectivity index (χ3v) is 3.74. The molecule has 2 rings (SSSR count). The Labute approximate surface area is 115 Å². The predicted octanol–water partition coefficient (Wildman–Crippen LogP) is 4.36. The van der Waals surface area contributed by atoms with Gasteiger partial charge in [-0.2, -0.15) is 0 Å². The Morgan fingerprint density at radius 1 is 1.28 bits per heavy atom. The van der Waals surface area contributed by atoms with Crippen LogP contribution in [0.5, 0.6) is 0 Å². The molecule has 0 fully saturated rings. The predicted molar refractivity (Wildman–Crippen MR) is 74.5 cm³/mol. The van der Waals surface area contributed by atoms with Crippen LogP contribution in [-0.4, -0.2) is 12.4 Å². The van der Waals surface area contributed by atoms with Crippen LogP contribution in [0.4, 0.5) is 0 Å². The summed E-state index contributed by atoms with van der Waals surface area (Å²) in [6.45, 7) is 2.37. The molecule has 18 heavy (non-hydrogen) atoms. The van der Waals surface area contributed by atoms with E-state index in [1.807, 2.05) is 37.3 Å². The van der Waals surface area contributed by atoms with E-state index in [0.717, 1.165) is 5.56 Å². The molecule has 1 atom stereocenters. The zero-order chi connectivity index (χ0) is 13.0. The molecule has 2 nitrogen and oxygen atoms in total. The van der Waals surface area contributed by atoms with Crippen LogP contribution >= 0.6 is 22.9 Å². The van der Waals surface area contributed by atoms with Crippen molar-refractivity contribution in [1.29, 1.82) is 0 Å². The molecule has 1 heterocycles. The maximum absolute atomic E-state index is 12.4. The van der Waals surface area contributed by atoms with Gasteiger partial charge in [0.05, 0.1) is 9.21 Å². The molecular weight excluding hydrogens is 268 g/mol. The van der Waals surface area contributed by atoms with Gasteiger partial charge in [0.1, 0.15) is 6.10 Å². The summed E-state index contributed by atoms with van der Waals surface area (Å²) in [4.78, 5) is 13.0. The average Bonchev–Trinajstić information content (AvgIpc) is 2.83. The lowest BCUT2D eigenvalue weighted by Gasteiger charge is -2.15. The Morgan fingerprint density at radius 3 is 2.56 bits per heavy atom. The van der Waals surface area contributed by atoms with E-state index in [9.17, 15) is 4.79 Å². The number of carbonyl (C=O) groups is 1. The van der Waals surface area contributed by atoms with Crippen molar-refractivity contribution in [1.82, 2.24) is 0 Å². The summed E-state index contributed by atoms with van der Waals surface area (Å²) in [5.74, 6) is -0.0417. The van der Waals surface area contributed by atoms with Gasteiger partial charge < -0.3 is 4.74 Å². The molecule has 0 radical (unpaired) electrons. The normalized spacial score (nSPS) is 12.3. The third-order valence-electron chi connectivity index (χ3n) is 2.49. The highest BCUT2D eigenvalue weighted by Crippen LogP contribution is 2.28. The third kappa shape index (κ3) is 2.99. The van der Waals surface area contributed by atoms with Gasteiger partial charge in [-0.05, 0) is 24.6 Å². The topological polar surface area (TPSA) is 26.3 Å². The molecule has 0 bridgehead atoms. The molecule has 4 heteroatoms. The molecule has 2 aromatic rings. The van der Waals surface area contributed by atoms with E-state index in [1.165, 1.54) is 11.3 Å². The standard InChI is InChI=1S/C14H13ClO2S/c1-2-17-14(10-6-4-3-5-7-10)13(16)11-8-9-12(15)18-11/h3-9,14H,2H2,1H3. The molecule has 0 amide bonds. The number of rotatable bonds is 5. The van der Waals surface area contributed by atoms with Crippen LogP contribution in [0.1, 0.15) is 28.3 Å². The highest BCUT2D eigenvalue weighted by molar-refractivity contribution is 7.18. The number of ketones is 1. The highest BCUT2D eigenvalue weighted by Gasteiger charge is 2.23. The molecule has 0 N–H and O–H groups in total. The summed E-state index contributed by atoms with van der Waals surface area (Å²) < 4.78 is 6.18. The molecule has 1 unspecified atom stereocenters. The monoisotopic (exact) mass is 280 g/mol. The van der Waals surface area contributed by atoms with Crippen molar-refractivity contribution in [2.24, 2.45) is 0 Å². The van der Waals surface area contributed by atoms with Crippen LogP contribution in [0.3, 0.4) is 0 Å². The number of benzene rings is 1. The van der Waals surface area contributed by atoms with Crippen molar-refractivity contribution in [3.63, 3.8) is 0 Å². The number of carbonyl (C=O) groups excluding carboxylic acids is 1. The SMILES string of the molecule is CCOC(C(=O)c1ccc(Cl)s1)c1ccccc1. The van der Waals surface area contributed by atoms with Gasteiger partial charge in [-0.15, -0.1) is 11.3 Å². The lowest BCUT2D eigenvalue weighted by molar-refractivity contribution is 0.0456. The number of hydrogen-bond acceptors (Lipinski definition) is 3. The van der Waals surface area contributed by atoms with E-state index >= 15 is 0 Å². The first-order valence-electron chi connectivity index (χ1n) is 5.68. The lowest BCUT2D eigenvalue weighted by atomic mass is 10.0. The lowest BCUT2D eigenvalue weighted by Crippen LogP contribution is -2.15. The van der Waals surface area contributed by atoms with Crippen molar-refractivity contribution in [3.05, 3.63) is 57.2 Å². The van der Waals surface area contributed by atoms with Gasteiger partial charge in [0, 0.05) is 6.61 Å². The van der Waals surface area contributed by atoms with Gasteiger partial charge >= 0.3 is 0 Å². The Hall–Kier alpha value is -1.16. The first-order chi connectivity index (χ1) is 8.72. The van der Waals surface area contributed by atoms with Crippen LogP contribution in [0, 0.1) is 0 Å². The largest absolute Gasteiger partial charge is 0.366 e. The maximum atomic E-state index is 12.4. The number of ether oxygens (including phenoxy) is 1. The molecule has 1 aromatic carbocycles. The fourth-order valence-corrected chi connectivity index (χ4v) is 2.70. The van der Waals surface area contributed by atoms with Crippen LogP contribution in [-0.2, 0) is 4.74 Å². The molecule has 0 saturated carbocycles. The zero-order valence-electron chi connectivity index (χ0n) is 9.93. The number of Topliss-reactive ketones (excluding diaryl/α,β-unsaturated/α-hetero) is 1. The van der Waals surface area contributed by atoms with Gasteiger partial charge in [0.25, 0.3) is 0 Å². The van der Waals surface area contributed by atoms with Crippen molar-refractivity contribution in [2.75, 3.05) is 6.61 Å². The van der Waals surface area contributed by atoms with Gasteiger partial charge in [-0.3, -0.25) is 4.79 Å². The van der Waals surface area contributed by atoms with Crippen molar-refractivity contribution < 1.29 is 9.53 Å². The smallest absolute Gasteiger partial charge is 0.206 e. The summed E-state index contributed by atoms with van der Waals surface area (Å²) >= 11 is 7.14. The molecule has 94 valence electrons. The Balaban J connectivity index is 2.28. The average molecular weight is 281 g/mol. The Kier molecular flexibility index (Phi) is 4.53. The van der Waals surface area contributed by atoms with Crippen LogP contribution in [0.2, 0.25) is 4.34 Å². The number of halogens is 1. The van der Waals surface area contributed by atoms with Crippen LogP contribution < -0.4 is 0 Å². The second kappa shape index (κ2) is 6.14. The summed E-state index contributed by atoms with van der Waals surface area (Å²) in [5.41, 5.74) is 0.869.